The molecule has 1 N–H and O–H groups in total. The number of thiazole rings is 1. The van der Waals surface area contributed by atoms with Gasteiger partial charge in [-0.3, -0.25) is 4.99 Å². The zero-order chi connectivity index (χ0) is 17.8. The summed E-state index contributed by atoms with van der Waals surface area (Å²) in [7, 11) is 0. The van der Waals surface area contributed by atoms with Crippen LogP contribution in [-0.2, 0) is 0 Å². The number of nitrogens with zero attached hydrogens (tertiary/aromatic N) is 3. The molecule has 0 spiro atoms. The lowest BCUT2D eigenvalue weighted by molar-refractivity contribution is 0.835. The number of rotatable bonds is 5. The van der Waals surface area contributed by atoms with Gasteiger partial charge in [-0.15, -0.1) is 11.3 Å². The van der Waals surface area contributed by atoms with Gasteiger partial charge >= 0.3 is 0 Å². The van der Waals surface area contributed by atoms with Gasteiger partial charge in [-0.2, -0.15) is 5.10 Å². The maximum absolute atomic E-state index is 4.66. The van der Waals surface area contributed by atoms with Crippen molar-refractivity contribution in [2.75, 3.05) is 6.54 Å². The molecule has 0 radical (unpaired) electrons. The lowest BCUT2D eigenvalue weighted by Crippen LogP contribution is -2.13. The SMILES string of the molecule is C=C(C)CN=c1scc(-c2ccc(C)c(C)c2)n1N=Cc1ccc[nH]1. The van der Waals surface area contributed by atoms with Gasteiger partial charge < -0.3 is 4.98 Å². The summed E-state index contributed by atoms with van der Waals surface area (Å²) >= 11 is 1.59. The maximum atomic E-state index is 4.66. The fourth-order valence-corrected chi connectivity index (χ4v) is 3.20. The molecule has 4 nitrogen and oxygen atoms in total. The van der Waals surface area contributed by atoms with Crippen LogP contribution in [0, 0.1) is 13.8 Å². The topological polar surface area (TPSA) is 45.4 Å². The molecule has 0 aliphatic carbocycles. The zero-order valence-corrected chi connectivity index (χ0v) is 15.6. The number of H-pyrrole nitrogens is 1. The molecule has 0 bridgehead atoms. The highest BCUT2D eigenvalue weighted by Crippen LogP contribution is 2.23. The van der Waals surface area contributed by atoms with Crippen molar-refractivity contribution >= 4 is 17.6 Å². The first-order valence-corrected chi connectivity index (χ1v) is 9.03. The summed E-state index contributed by atoms with van der Waals surface area (Å²) in [6.45, 7) is 10.8. The number of aromatic nitrogens is 2. The van der Waals surface area contributed by atoms with Gasteiger partial charge in [-0.25, -0.2) is 4.68 Å². The fraction of sp³-hybridized carbons (Fsp3) is 0.200. The molecular weight excluding hydrogens is 328 g/mol. The van der Waals surface area contributed by atoms with Crippen molar-refractivity contribution in [3.05, 3.63) is 75.7 Å². The van der Waals surface area contributed by atoms with Gasteiger partial charge in [0, 0.05) is 17.1 Å². The highest BCUT2D eigenvalue weighted by atomic mass is 32.1. The van der Waals surface area contributed by atoms with E-state index in [1.165, 1.54) is 11.1 Å². The van der Waals surface area contributed by atoms with Gasteiger partial charge in [0.2, 0.25) is 4.80 Å². The van der Waals surface area contributed by atoms with Gasteiger partial charge in [0.05, 0.1) is 24.1 Å². The van der Waals surface area contributed by atoms with E-state index in [1.807, 2.05) is 36.1 Å². The Morgan fingerprint density at radius 1 is 1.28 bits per heavy atom. The number of aryl methyl sites for hydroxylation is 2. The Morgan fingerprint density at radius 3 is 2.80 bits per heavy atom. The van der Waals surface area contributed by atoms with Crippen molar-refractivity contribution in [3.8, 4) is 11.3 Å². The summed E-state index contributed by atoms with van der Waals surface area (Å²) in [5, 5.41) is 6.77. The molecule has 0 aliphatic rings. The zero-order valence-electron chi connectivity index (χ0n) is 14.8. The second-order valence-electron chi connectivity index (χ2n) is 6.16. The molecular formula is C20H22N4S. The number of benzene rings is 1. The highest BCUT2D eigenvalue weighted by Gasteiger charge is 2.08. The second-order valence-corrected chi connectivity index (χ2v) is 6.99. The molecule has 0 saturated heterocycles. The van der Waals surface area contributed by atoms with E-state index >= 15 is 0 Å². The van der Waals surface area contributed by atoms with Gasteiger partial charge in [0.15, 0.2) is 0 Å². The third kappa shape index (κ3) is 4.06. The average molecular weight is 350 g/mol. The maximum Gasteiger partial charge on any atom is 0.206 e. The van der Waals surface area contributed by atoms with Crippen molar-refractivity contribution in [1.29, 1.82) is 0 Å². The number of aromatic amines is 1. The van der Waals surface area contributed by atoms with E-state index in [0.29, 0.717) is 6.54 Å². The third-order valence-electron chi connectivity index (χ3n) is 3.91. The molecule has 3 rings (SSSR count). The molecule has 2 heterocycles. The van der Waals surface area contributed by atoms with E-state index in [4.69, 9.17) is 0 Å². The van der Waals surface area contributed by atoms with Gasteiger partial charge in [0.25, 0.3) is 0 Å². The van der Waals surface area contributed by atoms with E-state index in [0.717, 1.165) is 27.3 Å². The standard InChI is InChI=1S/C20H22N4S/c1-14(2)11-22-20-24(23-12-18-6-5-9-21-18)19(13-25-20)17-8-7-15(3)16(4)10-17/h5-10,12-13,21H,1,11H2,2-4H3. The number of nitrogens with one attached hydrogen (secondary N) is 1. The van der Waals surface area contributed by atoms with Crippen LogP contribution in [0.2, 0.25) is 0 Å². The molecule has 0 aliphatic heterocycles. The summed E-state index contributed by atoms with van der Waals surface area (Å²) < 4.78 is 1.90. The molecule has 0 saturated carbocycles. The fourth-order valence-electron chi connectivity index (χ4n) is 2.37. The Labute approximate surface area is 151 Å². The van der Waals surface area contributed by atoms with E-state index in [9.17, 15) is 0 Å². The molecule has 5 heteroatoms. The van der Waals surface area contributed by atoms with E-state index in [1.54, 1.807) is 11.3 Å². The first-order chi connectivity index (χ1) is 12.0. The second kappa shape index (κ2) is 7.49. The molecule has 3 aromatic rings. The molecule has 0 amide bonds. The summed E-state index contributed by atoms with van der Waals surface area (Å²) in [4.78, 5) is 8.65. The molecule has 2 aromatic heterocycles. The predicted molar refractivity (Wildman–Crippen MR) is 106 cm³/mol. The molecule has 0 fully saturated rings. The monoisotopic (exact) mass is 350 g/mol. The number of hydrogen-bond donors (Lipinski definition) is 1. The van der Waals surface area contributed by atoms with Crippen molar-refractivity contribution in [1.82, 2.24) is 9.66 Å². The summed E-state index contributed by atoms with van der Waals surface area (Å²) in [5.41, 5.74) is 6.71. The Kier molecular flexibility index (Phi) is 5.14. The van der Waals surface area contributed by atoms with Crippen LogP contribution in [0.3, 0.4) is 0 Å². The van der Waals surface area contributed by atoms with Crippen LogP contribution in [0.15, 0.2) is 64.2 Å². The molecule has 0 atom stereocenters. The smallest absolute Gasteiger partial charge is 0.206 e. The Balaban J connectivity index is 2.09. The highest BCUT2D eigenvalue weighted by molar-refractivity contribution is 7.07. The van der Waals surface area contributed by atoms with Crippen molar-refractivity contribution in [2.24, 2.45) is 10.1 Å². The van der Waals surface area contributed by atoms with E-state index in [2.05, 4.69) is 59.1 Å². The van der Waals surface area contributed by atoms with Gasteiger partial charge in [0.1, 0.15) is 0 Å². The number of hydrogen-bond acceptors (Lipinski definition) is 3. The van der Waals surface area contributed by atoms with Crippen LogP contribution in [0.4, 0.5) is 0 Å². The van der Waals surface area contributed by atoms with E-state index in [-0.39, 0.29) is 0 Å². The van der Waals surface area contributed by atoms with Gasteiger partial charge in [-0.05, 0) is 50.1 Å². The van der Waals surface area contributed by atoms with Crippen molar-refractivity contribution < 1.29 is 0 Å². The molecule has 128 valence electrons. The van der Waals surface area contributed by atoms with Crippen LogP contribution >= 0.6 is 11.3 Å². The van der Waals surface area contributed by atoms with Crippen LogP contribution in [-0.4, -0.2) is 22.4 Å². The first-order valence-electron chi connectivity index (χ1n) is 8.15. The molecule has 0 unspecified atom stereocenters. The summed E-state index contributed by atoms with van der Waals surface area (Å²) in [6.07, 6.45) is 3.70. The Hall–Kier alpha value is -2.66. The summed E-state index contributed by atoms with van der Waals surface area (Å²) in [6, 6.07) is 10.4. The van der Waals surface area contributed by atoms with Crippen LogP contribution in [0.5, 0.6) is 0 Å². The average Bonchev–Trinajstić information content (AvgIpc) is 3.22. The minimum Gasteiger partial charge on any atom is -0.360 e. The largest absolute Gasteiger partial charge is 0.360 e. The van der Waals surface area contributed by atoms with Crippen LogP contribution in [0.1, 0.15) is 23.7 Å². The molecule has 1 aromatic carbocycles. The minimum atomic E-state index is 0.602. The summed E-state index contributed by atoms with van der Waals surface area (Å²) in [5.74, 6) is 0. The minimum absolute atomic E-state index is 0.602. The normalized spacial score (nSPS) is 12.2. The predicted octanol–water partition coefficient (Wildman–Crippen LogP) is 4.52. The van der Waals surface area contributed by atoms with Crippen molar-refractivity contribution in [2.45, 2.75) is 20.8 Å². The van der Waals surface area contributed by atoms with Crippen LogP contribution in [0.25, 0.3) is 11.3 Å². The van der Waals surface area contributed by atoms with E-state index < -0.39 is 0 Å². The first kappa shape index (κ1) is 17.2. The lowest BCUT2D eigenvalue weighted by Gasteiger charge is -2.06. The third-order valence-corrected chi connectivity index (χ3v) is 4.76. The Morgan fingerprint density at radius 2 is 2.12 bits per heavy atom. The lowest BCUT2D eigenvalue weighted by atomic mass is 10.1. The quantitative estimate of drug-likeness (QED) is 0.519. The Bertz CT molecular complexity index is 972. The van der Waals surface area contributed by atoms with Gasteiger partial charge in [-0.1, -0.05) is 24.3 Å². The molecule has 25 heavy (non-hydrogen) atoms. The van der Waals surface area contributed by atoms with Crippen LogP contribution < -0.4 is 4.80 Å². The van der Waals surface area contributed by atoms with Crippen molar-refractivity contribution in [3.63, 3.8) is 0 Å².